The van der Waals surface area contributed by atoms with Crippen molar-refractivity contribution in [2.75, 3.05) is 26.7 Å². The number of ketones is 1. The number of benzene rings is 2. The second-order valence-corrected chi connectivity index (χ2v) is 8.64. The fourth-order valence-corrected chi connectivity index (χ4v) is 5.34. The van der Waals surface area contributed by atoms with Gasteiger partial charge in [0.05, 0.1) is 7.11 Å². The van der Waals surface area contributed by atoms with Crippen molar-refractivity contribution in [2.45, 2.75) is 37.5 Å². The van der Waals surface area contributed by atoms with E-state index in [0.717, 1.165) is 56.1 Å². The molecule has 1 aliphatic carbocycles. The average molecular weight is 398 g/mol. The van der Waals surface area contributed by atoms with Crippen LogP contribution < -0.4 is 4.74 Å². The summed E-state index contributed by atoms with van der Waals surface area (Å²) in [5.74, 6) is 1.80. The van der Waals surface area contributed by atoms with E-state index in [1.54, 1.807) is 7.11 Å². The van der Waals surface area contributed by atoms with Crippen molar-refractivity contribution < 1.29 is 9.53 Å². The van der Waals surface area contributed by atoms with Crippen molar-refractivity contribution >= 4 is 17.4 Å². The van der Waals surface area contributed by atoms with Gasteiger partial charge in [0.1, 0.15) is 11.5 Å². The van der Waals surface area contributed by atoms with Crippen molar-refractivity contribution in [3.8, 4) is 5.75 Å². The number of nitrogens with zero attached hydrogens (tertiary/aromatic N) is 1. The number of Topliss-reactive ketones (excluding diaryl/α,β-unsaturated/α-hetero) is 1. The van der Waals surface area contributed by atoms with Crippen molar-refractivity contribution in [3.63, 3.8) is 0 Å². The molecule has 0 bridgehead atoms. The maximum atomic E-state index is 12.4. The molecule has 28 heavy (non-hydrogen) atoms. The number of piperidine rings is 1. The van der Waals surface area contributed by atoms with Crippen LogP contribution in [0.1, 0.15) is 36.8 Å². The zero-order valence-electron chi connectivity index (χ0n) is 16.5. The summed E-state index contributed by atoms with van der Waals surface area (Å²) < 4.78 is 5.46. The second kappa shape index (κ2) is 8.26. The molecule has 2 fully saturated rings. The molecule has 1 aliphatic heterocycles. The van der Waals surface area contributed by atoms with E-state index in [-0.39, 0.29) is 5.41 Å². The average Bonchev–Trinajstić information content (AvgIpc) is 2.73. The first-order chi connectivity index (χ1) is 13.6. The Kier molecular flexibility index (Phi) is 5.75. The molecule has 3 nitrogen and oxygen atoms in total. The molecule has 2 atom stereocenters. The van der Waals surface area contributed by atoms with Crippen LogP contribution in [0.25, 0.3) is 0 Å². The number of fused-ring (bicyclic) bond motifs is 1. The van der Waals surface area contributed by atoms with Crippen LogP contribution in [0.15, 0.2) is 48.5 Å². The lowest BCUT2D eigenvalue weighted by atomic mass is 9.59. The number of hydrogen-bond acceptors (Lipinski definition) is 3. The first kappa shape index (κ1) is 19.5. The molecule has 1 heterocycles. The maximum Gasteiger partial charge on any atom is 0.133 e. The van der Waals surface area contributed by atoms with Gasteiger partial charge in [-0.3, -0.25) is 4.79 Å². The molecule has 0 spiro atoms. The first-order valence-corrected chi connectivity index (χ1v) is 10.6. The zero-order valence-corrected chi connectivity index (χ0v) is 17.3. The third-order valence-electron chi connectivity index (χ3n) is 6.72. The van der Waals surface area contributed by atoms with Gasteiger partial charge in [-0.05, 0) is 61.1 Å². The number of likely N-dealkylation sites (tertiary alicyclic amines) is 1. The number of methoxy groups -OCH3 is 1. The first-order valence-electron chi connectivity index (χ1n) is 10.2. The monoisotopic (exact) mass is 397 g/mol. The Bertz CT molecular complexity index is 852. The number of hydrogen-bond donors (Lipinski definition) is 0. The van der Waals surface area contributed by atoms with Crippen molar-refractivity contribution in [3.05, 3.63) is 64.7 Å². The van der Waals surface area contributed by atoms with Crippen LogP contribution >= 0.6 is 11.6 Å². The highest BCUT2D eigenvalue weighted by Gasteiger charge is 2.47. The molecule has 2 aromatic rings. The standard InChI is InChI=1S/C24H28ClNO2/c1-28-22-7-4-6-19(15-22)24-12-14-26(17-20(24)9-10-21(27)16-24)13-11-18-5-2-3-8-23(18)25/h2-8,15,20H,9-14,16-17H2,1H3. The molecule has 2 aliphatic rings. The molecule has 1 saturated carbocycles. The van der Waals surface area contributed by atoms with Gasteiger partial charge >= 0.3 is 0 Å². The summed E-state index contributed by atoms with van der Waals surface area (Å²) in [5.41, 5.74) is 2.45. The Morgan fingerprint density at radius 2 is 2.07 bits per heavy atom. The second-order valence-electron chi connectivity index (χ2n) is 8.23. The van der Waals surface area contributed by atoms with Gasteiger partial charge in [0.2, 0.25) is 0 Å². The highest BCUT2D eigenvalue weighted by molar-refractivity contribution is 6.31. The number of carbonyl (C=O) groups is 1. The Labute approximate surface area is 172 Å². The lowest BCUT2D eigenvalue weighted by Gasteiger charge is -2.50. The van der Waals surface area contributed by atoms with Gasteiger partial charge in [0.15, 0.2) is 0 Å². The van der Waals surface area contributed by atoms with E-state index in [9.17, 15) is 4.79 Å². The summed E-state index contributed by atoms with van der Waals surface area (Å²) in [4.78, 5) is 15.0. The molecule has 0 radical (unpaired) electrons. The summed E-state index contributed by atoms with van der Waals surface area (Å²) in [7, 11) is 1.71. The number of rotatable bonds is 5. The predicted octanol–water partition coefficient (Wildman–Crippen LogP) is 4.90. The number of halogens is 1. The summed E-state index contributed by atoms with van der Waals surface area (Å²) in [6.07, 6.45) is 4.37. The van der Waals surface area contributed by atoms with Crippen molar-refractivity contribution in [1.82, 2.24) is 4.90 Å². The van der Waals surface area contributed by atoms with Crippen LogP contribution in [-0.4, -0.2) is 37.4 Å². The lowest BCUT2D eigenvalue weighted by molar-refractivity contribution is -0.125. The van der Waals surface area contributed by atoms with E-state index in [4.69, 9.17) is 16.3 Å². The van der Waals surface area contributed by atoms with E-state index in [1.165, 1.54) is 11.1 Å². The van der Waals surface area contributed by atoms with Gasteiger partial charge in [-0.15, -0.1) is 0 Å². The SMILES string of the molecule is COc1cccc(C23CCN(CCc4ccccc4Cl)CC2CCC(=O)C3)c1. The smallest absolute Gasteiger partial charge is 0.133 e. The fourth-order valence-electron chi connectivity index (χ4n) is 5.11. The molecule has 148 valence electrons. The van der Waals surface area contributed by atoms with Gasteiger partial charge < -0.3 is 9.64 Å². The number of carbonyl (C=O) groups excluding carboxylic acids is 1. The minimum atomic E-state index is -0.0369. The highest BCUT2D eigenvalue weighted by atomic mass is 35.5. The van der Waals surface area contributed by atoms with Gasteiger partial charge in [0.25, 0.3) is 0 Å². The summed E-state index contributed by atoms with van der Waals surface area (Å²) in [6.45, 7) is 3.09. The summed E-state index contributed by atoms with van der Waals surface area (Å²) in [5, 5.41) is 0.855. The van der Waals surface area contributed by atoms with Gasteiger partial charge in [-0.2, -0.15) is 0 Å². The highest BCUT2D eigenvalue weighted by Crippen LogP contribution is 2.48. The summed E-state index contributed by atoms with van der Waals surface area (Å²) >= 11 is 6.33. The molecule has 0 N–H and O–H groups in total. The third kappa shape index (κ3) is 3.83. The molecule has 0 amide bonds. The predicted molar refractivity (Wildman–Crippen MR) is 113 cm³/mol. The topological polar surface area (TPSA) is 29.5 Å². The van der Waals surface area contributed by atoms with Crippen LogP contribution in [-0.2, 0) is 16.6 Å². The lowest BCUT2D eigenvalue weighted by Crippen LogP contribution is -2.53. The molecular formula is C24H28ClNO2. The Hall–Kier alpha value is -1.84. The largest absolute Gasteiger partial charge is 0.497 e. The molecule has 2 aromatic carbocycles. The normalized spacial score (nSPS) is 25.4. The van der Waals surface area contributed by atoms with Crippen LogP contribution in [0.2, 0.25) is 5.02 Å². The van der Waals surface area contributed by atoms with Crippen LogP contribution in [0.3, 0.4) is 0 Å². The Morgan fingerprint density at radius 1 is 1.21 bits per heavy atom. The van der Waals surface area contributed by atoms with Gasteiger partial charge in [-0.1, -0.05) is 41.9 Å². The van der Waals surface area contributed by atoms with Gasteiger partial charge in [-0.25, -0.2) is 0 Å². The van der Waals surface area contributed by atoms with Gasteiger partial charge in [0, 0.05) is 36.4 Å². The minimum Gasteiger partial charge on any atom is -0.497 e. The van der Waals surface area contributed by atoms with Crippen molar-refractivity contribution in [2.24, 2.45) is 5.92 Å². The van der Waals surface area contributed by atoms with E-state index < -0.39 is 0 Å². The molecule has 4 heteroatoms. The quantitative estimate of drug-likeness (QED) is 0.718. The molecule has 4 rings (SSSR count). The molecule has 2 unspecified atom stereocenters. The fraction of sp³-hybridized carbons (Fsp3) is 0.458. The van der Waals surface area contributed by atoms with E-state index in [0.29, 0.717) is 18.1 Å². The molecule has 0 aromatic heterocycles. The Morgan fingerprint density at radius 3 is 2.89 bits per heavy atom. The summed E-state index contributed by atoms with van der Waals surface area (Å²) in [6, 6.07) is 16.5. The van der Waals surface area contributed by atoms with Crippen LogP contribution in [0.4, 0.5) is 0 Å². The molecular weight excluding hydrogens is 370 g/mol. The Balaban J connectivity index is 1.51. The van der Waals surface area contributed by atoms with Crippen LogP contribution in [0.5, 0.6) is 5.75 Å². The van der Waals surface area contributed by atoms with E-state index >= 15 is 0 Å². The zero-order chi connectivity index (χ0) is 19.6. The molecule has 1 saturated heterocycles. The third-order valence-corrected chi connectivity index (χ3v) is 7.09. The van der Waals surface area contributed by atoms with Crippen LogP contribution in [0, 0.1) is 5.92 Å². The minimum absolute atomic E-state index is 0.0369. The van der Waals surface area contributed by atoms with E-state index in [2.05, 4.69) is 35.2 Å². The maximum absolute atomic E-state index is 12.4. The van der Waals surface area contributed by atoms with Crippen molar-refractivity contribution in [1.29, 1.82) is 0 Å². The van der Waals surface area contributed by atoms with E-state index in [1.807, 2.05) is 18.2 Å². The number of ether oxygens (including phenoxy) is 1.